The van der Waals surface area contributed by atoms with Crippen molar-refractivity contribution in [3.63, 3.8) is 0 Å². The van der Waals surface area contributed by atoms with Gasteiger partial charge < -0.3 is 9.26 Å². The summed E-state index contributed by atoms with van der Waals surface area (Å²) in [6.07, 6.45) is 0. The number of carbonyl (C=O) groups excluding carboxylic acids is 1. The highest BCUT2D eigenvalue weighted by atomic mass is 31.2. The highest BCUT2D eigenvalue weighted by Gasteiger charge is 2.16. The van der Waals surface area contributed by atoms with Gasteiger partial charge in [0.1, 0.15) is 0 Å². The number of hydrogen-bond donors (Lipinski definition) is 0. The fourth-order valence-electron chi connectivity index (χ4n) is 0.282. The molecule has 0 fully saturated rings. The monoisotopic (exact) mass is 182 g/mol. The second kappa shape index (κ2) is 4.49. The summed E-state index contributed by atoms with van der Waals surface area (Å²) >= 11 is 0. The fraction of sp³-hybridized carbons (Fsp3) is 0.800. The third-order valence-electron chi connectivity index (χ3n) is 0.976. The molecule has 0 N–H and O–H groups in total. The Balaban J connectivity index is 3.70. The van der Waals surface area contributed by atoms with Crippen molar-refractivity contribution in [2.24, 2.45) is 0 Å². The summed E-state index contributed by atoms with van der Waals surface area (Å²) in [5.41, 5.74) is 0. The van der Waals surface area contributed by atoms with Crippen molar-refractivity contribution in [3.8, 4) is 0 Å². The van der Waals surface area contributed by atoms with Crippen LogP contribution in [0.5, 0.6) is 0 Å². The maximum absolute atomic E-state index is 11.0. The SMILES string of the molecule is COC(=O)COP(C)(=O)OC. The number of ether oxygens (including phenoxy) is 1. The van der Waals surface area contributed by atoms with E-state index in [9.17, 15) is 9.36 Å². The van der Waals surface area contributed by atoms with Gasteiger partial charge in [-0.15, -0.1) is 0 Å². The first-order valence-corrected chi connectivity index (χ1v) is 4.85. The molecule has 0 saturated carbocycles. The van der Waals surface area contributed by atoms with E-state index in [0.29, 0.717) is 0 Å². The molecule has 1 unspecified atom stereocenters. The minimum atomic E-state index is -3.04. The summed E-state index contributed by atoms with van der Waals surface area (Å²) in [6, 6.07) is 0. The van der Waals surface area contributed by atoms with Crippen LogP contribution in [0.3, 0.4) is 0 Å². The fourth-order valence-corrected chi connectivity index (χ4v) is 0.727. The predicted molar refractivity (Wildman–Crippen MR) is 38.5 cm³/mol. The van der Waals surface area contributed by atoms with E-state index < -0.39 is 13.6 Å². The number of methoxy groups -OCH3 is 1. The van der Waals surface area contributed by atoms with Gasteiger partial charge in [0.05, 0.1) is 7.11 Å². The molecule has 0 heterocycles. The third kappa shape index (κ3) is 4.95. The molecule has 11 heavy (non-hydrogen) atoms. The van der Waals surface area contributed by atoms with Crippen molar-refractivity contribution in [1.82, 2.24) is 0 Å². The van der Waals surface area contributed by atoms with Crippen LogP contribution in [0.15, 0.2) is 0 Å². The van der Waals surface area contributed by atoms with Crippen molar-refractivity contribution in [2.45, 2.75) is 0 Å². The molecular weight excluding hydrogens is 171 g/mol. The number of esters is 1. The van der Waals surface area contributed by atoms with Crippen LogP contribution in [0.4, 0.5) is 0 Å². The van der Waals surface area contributed by atoms with Crippen molar-refractivity contribution in [1.29, 1.82) is 0 Å². The lowest BCUT2D eigenvalue weighted by Gasteiger charge is -2.09. The molecule has 0 amide bonds. The van der Waals surface area contributed by atoms with Crippen LogP contribution >= 0.6 is 7.60 Å². The average molecular weight is 182 g/mol. The summed E-state index contributed by atoms with van der Waals surface area (Å²) in [5, 5.41) is 0. The quantitative estimate of drug-likeness (QED) is 0.471. The molecular formula is C5H11O5P. The van der Waals surface area contributed by atoms with Crippen LogP contribution in [0.2, 0.25) is 0 Å². The van der Waals surface area contributed by atoms with E-state index in [0.717, 1.165) is 0 Å². The molecule has 0 aromatic heterocycles. The van der Waals surface area contributed by atoms with E-state index in [-0.39, 0.29) is 6.61 Å². The van der Waals surface area contributed by atoms with E-state index in [1.54, 1.807) is 0 Å². The Morgan fingerprint density at radius 1 is 1.45 bits per heavy atom. The van der Waals surface area contributed by atoms with Crippen molar-refractivity contribution in [3.05, 3.63) is 0 Å². The molecule has 1 atom stereocenters. The Hall–Kier alpha value is -0.380. The Morgan fingerprint density at radius 3 is 2.36 bits per heavy atom. The largest absolute Gasteiger partial charge is 0.467 e. The molecule has 0 aromatic carbocycles. The standard InChI is InChI=1S/C5H11O5P/c1-8-5(6)4-10-11(3,7)9-2/h4H2,1-3H3. The Kier molecular flexibility index (Phi) is 4.33. The van der Waals surface area contributed by atoms with E-state index >= 15 is 0 Å². The number of hydrogen-bond acceptors (Lipinski definition) is 5. The summed E-state index contributed by atoms with van der Waals surface area (Å²) in [4.78, 5) is 10.5. The van der Waals surface area contributed by atoms with E-state index in [4.69, 9.17) is 0 Å². The van der Waals surface area contributed by atoms with Gasteiger partial charge in [0.25, 0.3) is 0 Å². The highest BCUT2D eigenvalue weighted by molar-refractivity contribution is 7.52. The zero-order valence-electron chi connectivity index (χ0n) is 6.70. The molecule has 0 spiro atoms. The van der Waals surface area contributed by atoms with Gasteiger partial charge in [-0.1, -0.05) is 0 Å². The minimum Gasteiger partial charge on any atom is -0.467 e. The van der Waals surface area contributed by atoms with Crippen molar-refractivity contribution < 1.29 is 23.1 Å². The van der Waals surface area contributed by atoms with Gasteiger partial charge in [-0.3, -0.25) is 9.09 Å². The number of carbonyl (C=O) groups is 1. The third-order valence-corrected chi connectivity index (χ3v) is 2.24. The van der Waals surface area contributed by atoms with Gasteiger partial charge in [-0.2, -0.15) is 0 Å². The number of rotatable bonds is 4. The van der Waals surface area contributed by atoms with Gasteiger partial charge >= 0.3 is 13.6 Å². The second-order valence-corrected chi connectivity index (χ2v) is 3.97. The first kappa shape index (κ1) is 10.6. The second-order valence-electron chi connectivity index (χ2n) is 1.80. The summed E-state index contributed by atoms with van der Waals surface area (Å²) in [5.74, 6) is -0.580. The van der Waals surface area contributed by atoms with Gasteiger partial charge in [0.2, 0.25) is 0 Å². The summed E-state index contributed by atoms with van der Waals surface area (Å²) in [6.45, 7) is 0.925. The van der Waals surface area contributed by atoms with Crippen molar-refractivity contribution in [2.75, 3.05) is 27.5 Å². The molecule has 0 bridgehead atoms. The molecule has 0 aliphatic carbocycles. The zero-order valence-corrected chi connectivity index (χ0v) is 7.59. The predicted octanol–water partition coefficient (Wildman–Crippen LogP) is 0.645. The molecule has 0 saturated heterocycles. The lowest BCUT2D eigenvalue weighted by atomic mass is 10.8. The molecule has 0 aliphatic heterocycles. The first-order valence-electron chi connectivity index (χ1n) is 2.86. The topological polar surface area (TPSA) is 61.8 Å². The lowest BCUT2D eigenvalue weighted by Crippen LogP contribution is -2.09. The molecule has 0 rings (SSSR count). The molecule has 5 nitrogen and oxygen atoms in total. The Morgan fingerprint density at radius 2 is 2.00 bits per heavy atom. The van der Waals surface area contributed by atoms with Gasteiger partial charge in [-0.05, 0) is 0 Å². The molecule has 0 aliphatic rings. The van der Waals surface area contributed by atoms with Gasteiger partial charge in [0, 0.05) is 13.8 Å². The lowest BCUT2D eigenvalue weighted by molar-refractivity contribution is -0.143. The van der Waals surface area contributed by atoms with Crippen LogP contribution < -0.4 is 0 Å². The van der Waals surface area contributed by atoms with E-state index in [1.165, 1.54) is 20.9 Å². The molecule has 6 heteroatoms. The zero-order chi connectivity index (χ0) is 8.91. The van der Waals surface area contributed by atoms with Crippen LogP contribution in [0, 0.1) is 0 Å². The molecule has 0 aromatic rings. The van der Waals surface area contributed by atoms with Crippen molar-refractivity contribution >= 4 is 13.6 Å². The minimum absolute atomic E-state index is 0.349. The van der Waals surface area contributed by atoms with E-state index in [2.05, 4.69) is 13.8 Å². The average Bonchev–Trinajstić information content (AvgIpc) is 2.00. The molecule has 0 radical (unpaired) electrons. The van der Waals surface area contributed by atoms with Crippen LogP contribution in [0.25, 0.3) is 0 Å². The summed E-state index contributed by atoms with van der Waals surface area (Å²) < 4.78 is 24.2. The Labute approximate surface area is 65.2 Å². The Bertz CT molecular complexity index is 178. The van der Waals surface area contributed by atoms with Crippen LogP contribution in [-0.2, 0) is 23.1 Å². The first-order chi connectivity index (χ1) is 5.02. The highest BCUT2D eigenvalue weighted by Crippen LogP contribution is 2.42. The van der Waals surface area contributed by atoms with Gasteiger partial charge in [-0.25, -0.2) is 4.79 Å². The van der Waals surface area contributed by atoms with Gasteiger partial charge in [0.15, 0.2) is 6.61 Å². The molecule has 66 valence electrons. The summed E-state index contributed by atoms with van der Waals surface area (Å²) in [7, 11) is -0.572. The smallest absolute Gasteiger partial charge is 0.332 e. The van der Waals surface area contributed by atoms with Crippen LogP contribution in [-0.4, -0.2) is 33.5 Å². The van der Waals surface area contributed by atoms with E-state index in [1.807, 2.05) is 0 Å². The normalized spacial score (nSPS) is 15.5. The maximum atomic E-state index is 11.0. The van der Waals surface area contributed by atoms with Crippen LogP contribution in [0.1, 0.15) is 0 Å². The maximum Gasteiger partial charge on any atom is 0.332 e.